The molecule has 3 aromatic rings. The Morgan fingerprint density at radius 2 is 1.62 bits per heavy atom. The molecule has 3 aromatic carbocycles. The van der Waals surface area contributed by atoms with Gasteiger partial charge in [-0.15, -0.1) is 0 Å². The highest BCUT2D eigenvalue weighted by molar-refractivity contribution is 7.92. The Kier molecular flexibility index (Phi) is 5.98. The molecular weight excluding hydrogens is 391 g/mol. The minimum absolute atomic E-state index is 0.0930. The fourth-order valence-electron chi connectivity index (χ4n) is 2.87. The van der Waals surface area contributed by atoms with Gasteiger partial charge >= 0.3 is 0 Å². The van der Waals surface area contributed by atoms with Crippen molar-refractivity contribution in [2.24, 2.45) is 0 Å². The first-order chi connectivity index (χ1) is 13.8. The molecule has 1 amide bonds. The predicted octanol–water partition coefficient (Wildman–Crippen LogP) is 4.28. The zero-order valence-electron chi connectivity index (χ0n) is 16.1. The van der Waals surface area contributed by atoms with Gasteiger partial charge in [0.05, 0.1) is 10.6 Å². The third-order valence-electron chi connectivity index (χ3n) is 4.38. The molecule has 0 spiro atoms. The molecule has 0 aliphatic heterocycles. The summed E-state index contributed by atoms with van der Waals surface area (Å²) in [6.07, 6.45) is 0. The molecule has 0 heterocycles. The van der Waals surface area contributed by atoms with Gasteiger partial charge in [0, 0.05) is 5.69 Å². The standard InChI is InChI=1S/C22H21FN2O3S/c1-16-8-9-17(2)21(14-16)25(29(27,28)20-6-4-3-5-7-20)15-22(26)24-19-12-10-18(23)11-13-19/h3-14H,15H2,1-2H3,(H,24,26). The lowest BCUT2D eigenvalue weighted by atomic mass is 10.1. The van der Waals surface area contributed by atoms with Crippen molar-refractivity contribution in [3.8, 4) is 0 Å². The van der Waals surface area contributed by atoms with E-state index in [0.29, 0.717) is 11.4 Å². The third kappa shape index (κ3) is 4.81. The Labute approximate surface area is 169 Å². The van der Waals surface area contributed by atoms with Gasteiger partial charge in [0.1, 0.15) is 12.4 Å². The Morgan fingerprint density at radius 1 is 0.966 bits per heavy atom. The van der Waals surface area contributed by atoms with E-state index in [1.54, 1.807) is 31.2 Å². The molecule has 0 saturated carbocycles. The number of halogens is 1. The van der Waals surface area contributed by atoms with Gasteiger partial charge in [0.25, 0.3) is 10.0 Å². The van der Waals surface area contributed by atoms with Gasteiger partial charge in [-0.3, -0.25) is 9.10 Å². The fourth-order valence-corrected chi connectivity index (χ4v) is 4.37. The highest BCUT2D eigenvalue weighted by Crippen LogP contribution is 2.28. The van der Waals surface area contributed by atoms with Crippen LogP contribution < -0.4 is 9.62 Å². The van der Waals surface area contributed by atoms with E-state index < -0.39 is 28.3 Å². The molecule has 7 heteroatoms. The molecule has 0 bridgehead atoms. The highest BCUT2D eigenvalue weighted by Gasteiger charge is 2.28. The van der Waals surface area contributed by atoms with Gasteiger partial charge in [-0.25, -0.2) is 12.8 Å². The SMILES string of the molecule is Cc1ccc(C)c(N(CC(=O)Nc2ccc(F)cc2)S(=O)(=O)c2ccccc2)c1. The number of nitrogens with zero attached hydrogens (tertiary/aromatic N) is 1. The Bertz CT molecular complexity index is 1110. The molecule has 29 heavy (non-hydrogen) atoms. The topological polar surface area (TPSA) is 66.5 Å². The van der Waals surface area contributed by atoms with Crippen LogP contribution in [0.4, 0.5) is 15.8 Å². The van der Waals surface area contributed by atoms with E-state index in [-0.39, 0.29) is 4.90 Å². The lowest BCUT2D eigenvalue weighted by Gasteiger charge is -2.26. The van der Waals surface area contributed by atoms with Gasteiger partial charge in [0.15, 0.2) is 0 Å². The maximum atomic E-state index is 13.3. The molecule has 0 saturated heterocycles. The van der Waals surface area contributed by atoms with Crippen molar-refractivity contribution >= 4 is 27.3 Å². The maximum absolute atomic E-state index is 13.3. The van der Waals surface area contributed by atoms with Crippen LogP contribution in [0.5, 0.6) is 0 Å². The van der Waals surface area contributed by atoms with Crippen molar-refractivity contribution in [1.29, 1.82) is 0 Å². The van der Waals surface area contributed by atoms with E-state index in [2.05, 4.69) is 5.32 Å². The van der Waals surface area contributed by atoms with E-state index >= 15 is 0 Å². The highest BCUT2D eigenvalue weighted by atomic mass is 32.2. The summed E-state index contributed by atoms with van der Waals surface area (Å²) in [5.74, 6) is -0.955. The summed E-state index contributed by atoms with van der Waals surface area (Å²) < 4.78 is 40.8. The Balaban J connectivity index is 1.98. The van der Waals surface area contributed by atoms with Crippen LogP contribution in [0.3, 0.4) is 0 Å². The summed E-state index contributed by atoms with van der Waals surface area (Å²) in [5.41, 5.74) is 2.42. The molecule has 0 fully saturated rings. The summed E-state index contributed by atoms with van der Waals surface area (Å²) >= 11 is 0. The lowest BCUT2D eigenvalue weighted by molar-refractivity contribution is -0.114. The first-order valence-corrected chi connectivity index (χ1v) is 10.4. The van der Waals surface area contributed by atoms with Gasteiger partial charge in [-0.2, -0.15) is 0 Å². The van der Waals surface area contributed by atoms with E-state index in [0.717, 1.165) is 15.4 Å². The van der Waals surface area contributed by atoms with E-state index in [1.807, 2.05) is 19.1 Å². The molecule has 1 N–H and O–H groups in total. The maximum Gasteiger partial charge on any atom is 0.264 e. The van der Waals surface area contributed by atoms with Crippen LogP contribution >= 0.6 is 0 Å². The largest absolute Gasteiger partial charge is 0.325 e. The number of aryl methyl sites for hydroxylation is 2. The zero-order chi connectivity index (χ0) is 21.0. The van der Waals surface area contributed by atoms with E-state index in [1.165, 1.54) is 36.4 Å². The molecule has 5 nitrogen and oxygen atoms in total. The number of sulfonamides is 1. The van der Waals surface area contributed by atoms with Gasteiger partial charge < -0.3 is 5.32 Å². The van der Waals surface area contributed by atoms with Crippen LogP contribution in [0, 0.1) is 19.7 Å². The van der Waals surface area contributed by atoms with Crippen LogP contribution in [0.15, 0.2) is 77.7 Å². The van der Waals surface area contributed by atoms with Crippen molar-refractivity contribution < 1.29 is 17.6 Å². The van der Waals surface area contributed by atoms with Crippen molar-refractivity contribution in [2.45, 2.75) is 18.7 Å². The minimum atomic E-state index is -3.97. The smallest absolute Gasteiger partial charge is 0.264 e. The summed E-state index contributed by atoms with van der Waals surface area (Å²) in [7, 11) is -3.97. The van der Waals surface area contributed by atoms with Crippen LogP contribution in [0.25, 0.3) is 0 Å². The first-order valence-electron chi connectivity index (χ1n) is 8.98. The van der Waals surface area contributed by atoms with Crippen molar-refractivity contribution in [2.75, 3.05) is 16.2 Å². The molecule has 0 aromatic heterocycles. The number of carbonyl (C=O) groups excluding carboxylic acids is 1. The lowest BCUT2D eigenvalue weighted by Crippen LogP contribution is -2.38. The van der Waals surface area contributed by atoms with Crippen LogP contribution in [0.2, 0.25) is 0 Å². The van der Waals surface area contributed by atoms with E-state index in [4.69, 9.17) is 0 Å². The monoisotopic (exact) mass is 412 g/mol. The molecule has 150 valence electrons. The Morgan fingerprint density at radius 3 is 2.28 bits per heavy atom. The molecule has 0 atom stereocenters. The number of benzene rings is 3. The normalized spacial score (nSPS) is 11.1. The zero-order valence-corrected chi connectivity index (χ0v) is 16.9. The molecule has 3 rings (SSSR count). The second kappa shape index (κ2) is 8.45. The summed E-state index contributed by atoms with van der Waals surface area (Å²) in [6, 6.07) is 18.7. The quantitative estimate of drug-likeness (QED) is 0.657. The summed E-state index contributed by atoms with van der Waals surface area (Å²) in [4.78, 5) is 12.7. The average molecular weight is 412 g/mol. The van der Waals surface area contributed by atoms with Crippen molar-refractivity contribution in [3.05, 3.63) is 89.7 Å². The second-order valence-electron chi connectivity index (χ2n) is 6.67. The first kappa shape index (κ1) is 20.5. The Hall–Kier alpha value is -3.19. The van der Waals surface area contributed by atoms with Crippen LogP contribution in [0.1, 0.15) is 11.1 Å². The summed E-state index contributed by atoms with van der Waals surface area (Å²) in [5, 5.41) is 2.62. The molecule has 0 aliphatic carbocycles. The third-order valence-corrected chi connectivity index (χ3v) is 6.15. The van der Waals surface area contributed by atoms with E-state index in [9.17, 15) is 17.6 Å². The van der Waals surface area contributed by atoms with Crippen LogP contribution in [-0.4, -0.2) is 20.9 Å². The van der Waals surface area contributed by atoms with Crippen LogP contribution in [-0.2, 0) is 14.8 Å². The minimum Gasteiger partial charge on any atom is -0.325 e. The number of amides is 1. The van der Waals surface area contributed by atoms with Gasteiger partial charge in [-0.05, 0) is 67.4 Å². The number of anilines is 2. The number of nitrogens with one attached hydrogen (secondary N) is 1. The fraction of sp³-hybridized carbons (Fsp3) is 0.136. The summed E-state index contributed by atoms with van der Waals surface area (Å²) in [6.45, 7) is 3.23. The number of rotatable bonds is 6. The molecule has 0 aliphatic rings. The number of hydrogen-bond donors (Lipinski definition) is 1. The molecule has 0 unspecified atom stereocenters. The second-order valence-corrected chi connectivity index (χ2v) is 8.53. The van der Waals surface area contributed by atoms with Crippen molar-refractivity contribution in [3.63, 3.8) is 0 Å². The van der Waals surface area contributed by atoms with Crippen molar-refractivity contribution in [1.82, 2.24) is 0 Å². The van der Waals surface area contributed by atoms with Gasteiger partial charge in [-0.1, -0.05) is 30.3 Å². The molecular formula is C22H21FN2O3S. The van der Waals surface area contributed by atoms with Gasteiger partial charge in [0.2, 0.25) is 5.91 Å². The molecule has 0 radical (unpaired) electrons. The number of hydrogen-bond acceptors (Lipinski definition) is 3. The number of carbonyl (C=O) groups is 1. The predicted molar refractivity (Wildman–Crippen MR) is 112 cm³/mol. The average Bonchev–Trinajstić information content (AvgIpc) is 2.70.